The SMILES string of the molecule is Cc1cc(F)ccc1NC(=O)CSc1ccc(F)cc1. The quantitative estimate of drug-likeness (QED) is 0.863. The Morgan fingerprint density at radius 1 is 1.10 bits per heavy atom. The van der Waals surface area contributed by atoms with Crippen LogP contribution in [-0.2, 0) is 4.79 Å². The van der Waals surface area contributed by atoms with E-state index in [4.69, 9.17) is 0 Å². The Morgan fingerprint density at radius 3 is 2.40 bits per heavy atom. The predicted octanol–water partition coefficient (Wildman–Crippen LogP) is 4.00. The van der Waals surface area contributed by atoms with Crippen LogP contribution in [0.4, 0.5) is 14.5 Å². The molecule has 104 valence electrons. The van der Waals surface area contributed by atoms with E-state index in [2.05, 4.69) is 5.32 Å². The smallest absolute Gasteiger partial charge is 0.234 e. The number of carbonyl (C=O) groups is 1. The molecular formula is C15H13F2NOS. The van der Waals surface area contributed by atoms with Crippen molar-refractivity contribution >= 4 is 23.4 Å². The molecule has 0 radical (unpaired) electrons. The number of rotatable bonds is 4. The van der Waals surface area contributed by atoms with E-state index < -0.39 is 0 Å². The summed E-state index contributed by atoms with van der Waals surface area (Å²) in [6.45, 7) is 1.73. The topological polar surface area (TPSA) is 29.1 Å². The first-order chi connectivity index (χ1) is 9.54. The van der Waals surface area contributed by atoms with Gasteiger partial charge in [-0.3, -0.25) is 4.79 Å². The lowest BCUT2D eigenvalue weighted by molar-refractivity contribution is -0.113. The molecule has 0 aliphatic rings. The summed E-state index contributed by atoms with van der Waals surface area (Å²) in [7, 11) is 0. The van der Waals surface area contributed by atoms with Gasteiger partial charge >= 0.3 is 0 Å². The van der Waals surface area contributed by atoms with Crippen LogP contribution in [-0.4, -0.2) is 11.7 Å². The summed E-state index contributed by atoms with van der Waals surface area (Å²) in [5.74, 6) is -0.612. The second-order valence-corrected chi connectivity index (χ2v) is 5.30. The fourth-order valence-electron chi connectivity index (χ4n) is 1.63. The monoisotopic (exact) mass is 293 g/mol. The van der Waals surface area contributed by atoms with Gasteiger partial charge in [0, 0.05) is 10.6 Å². The standard InChI is InChI=1S/C15H13F2NOS/c1-10-8-12(17)4-7-14(10)18-15(19)9-20-13-5-2-11(16)3-6-13/h2-8H,9H2,1H3,(H,18,19). The summed E-state index contributed by atoms with van der Waals surface area (Å²) in [5.41, 5.74) is 1.27. The van der Waals surface area contributed by atoms with Crippen LogP contribution in [0.25, 0.3) is 0 Å². The maximum absolute atomic E-state index is 12.9. The van der Waals surface area contributed by atoms with Gasteiger partial charge in [-0.25, -0.2) is 8.78 Å². The van der Waals surface area contributed by atoms with Crippen molar-refractivity contribution in [2.45, 2.75) is 11.8 Å². The van der Waals surface area contributed by atoms with Crippen LogP contribution >= 0.6 is 11.8 Å². The highest BCUT2D eigenvalue weighted by atomic mass is 32.2. The number of aryl methyl sites for hydroxylation is 1. The van der Waals surface area contributed by atoms with Gasteiger partial charge < -0.3 is 5.32 Å². The van der Waals surface area contributed by atoms with E-state index in [1.165, 1.54) is 42.1 Å². The number of thioether (sulfide) groups is 1. The Morgan fingerprint density at radius 2 is 1.75 bits per heavy atom. The summed E-state index contributed by atoms with van der Waals surface area (Å²) < 4.78 is 25.7. The first-order valence-corrected chi connectivity index (χ1v) is 6.97. The zero-order valence-electron chi connectivity index (χ0n) is 10.8. The average Bonchev–Trinajstić information content (AvgIpc) is 2.41. The molecule has 0 fully saturated rings. The van der Waals surface area contributed by atoms with E-state index in [0.717, 1.165) is 4.90 Å². The zero-order chi connectivity index (χ0) is 14.5. The van der Waals surface area contributed by atoms with Crippen molar-refractivity contribution in [1.82, 2.24) is 0 Å². The number of hydrogen-bond donors (Lipinski definition) is 1. The van der Waals surface area contributed by atoms with Crippen LogP contribution < -0.4 is 5.32 Å². The third-order valence-electron chi connectivity index (χ3n) is 2.65. The van der Waals surface area contributed by atoms with Gasteiger partial charge in [-0.15, -0.1) is 11.8 Å². The molecule has 1 amide bonds. The largest absolute Gasteiger partial charge is 0.325 e. The number of nitrogens with one attached hydrogen (secondary N) is 1. The number of amides is 1. The Bertz CT molecular complexity index is 614. The molecule has 5 heteroatoms. The zero-order valence-corrected chi connectivity index (χ0v) is 11.6. The number of hydrogen-bond acceptors (Lipinski definition) is 2. The van der Waals surface area contributed by atoms with E-state index in [0.29, 0.717) is 11.3 Å². The van der Waals surface area contributed by atoms with E-state index in [1.807, 2.05) is 0 Å². The van der Waals surface area contributed by atoms with Gasteiger partial charge in [-0.1, -0.05) is 0 Å². The van der Waals surface area contributed by atoms with E-state index >= 15 is 0 Å². The molecule has 2 aromatic carbocycles. The van der Waals surface area contributed by atoms with Gasteiger partial charge in [-0.05, 0) is 55.0 Å². The van der Waals surface area contributed by atoms with E-state index in [-0.39, 0.29) is 23.3 Å². The van der Waals surface area contributed by atoms with Crippen molar-refractivity contribution in [1.29, 1.82) is 0 Å². The minimum absolute atomic E-state index is 0.186. The number of carbonyl (C=O) groups excluding carboxylic acids is 1. The molecule has 0 aliphatic heterocycles. The molecule has 1 N–H and O–H groups in total. The molecule has 0 heterocycles. The molecule has 0 aliphatic carbocycles. The van der Waals surface area contributed by atoms with Crippen molar-refractivity contribution < 1.29 is 13.6 Å². The van der Waals surface area contributed by atoms with Crippen LogP contribution in [0.3, 0.4) is 0 Å². The maximum atomic E-state index is 12.9. The summed E-state index contributed by atoms with van der Waals surface area (Å²) >= 11 is 1.31. The second-order valence-electron chi connectivity index (χ2n) is 4.25. The molecule has 0 unspecified atom stereocenters. The molecule has 0 saturated carbocycles. The highest BCUT2D eigenvalue weighted by Gasteiger charge is 2.06. The van der Waals surface area contributed by atoms with Crippen LogP contribution in [0.15, 0.2) is 47.4 Å². The number of benzene rings is 2. The minimum Gasteiger partial charge on any atom is -0.325 e. The van der Waals surface area contributed by atoms with Crippen molar-refractivity contribution in [3.05, 3.63) is 59.7 Å². The second kappa shape index (κ2) is 6.52. The Labute approximate surface area is 120 Å². The molecule has 0 bridgehead atoms. The Hall–Kier alpha value is -1.88. The van der Waals surface area contributed by atoms with Crippen LogP contribution in [0.2, 0.25) is 0 Å². The summed E-state index contributed by atoms with van der Waals surface area (Å²) in [6, 6.07) is 10.1. The average molecular weight is 293 g/mol. The van der Waals surface area contributed by atoms with E-state index in [1.54, 1.807) is 19.1 Å². The van der Waals surface area contributed by atoms with Gasteiger partial charge in [0.05, 0.1) is 5.75 Å². The molecule has 2 nitrogen and oxygen atoms in total. The van der Waals surface area contributed by atoms with Crippen molar-refractivity contribution in [2.24, 2.45) is 0 Å². The fraction of sp³-hybridized carbons (Fsp3) is 0.133. The lowest BCUT2D eigenvalue weighted by atomic mass is 10.2. The van der Waals surface area contributed by atoms with Gasteiger partial charge in [0.15, 0.2) is 0 Å². The first kappa shape index (κ1) is 14.5. The number of halogens is 2. The summed E-state index contributed by atoms with van der Waals surface area (Å²) in [5, 5.41) is 2.72. The lowest BCUT2D eigenvalue weighted by Crippen LogP contribution is -2.14. The summed E-state index contributed by atoms with van der Waals surface area (Å²) in [4.78, 5) is 12.6. The predicted molar refractivity (Wildman–Crippen MR) is 76.9 cm³/mol. The first-order valence-electron chi connectivity index (χ1n) is 5.99. The van der Waals surface area contributed by atoms with Crippen LogP contribution in [0.1, 0.15) is 5.56 Å². The lowest BCUT2D eigenvalue weighted by Gasteiger charge is -2.08. The highest BCUT2D eigenvalue weighted by molar-refractivity contribution is 8.00. The van der Waals surface area contributed by atoms with Crippen molar-refractivity contribution in [3.63, 3.8) is 0 Å². The molecule has 0 spiro atoms. The van der Waals surface area contributed by atoms with Crippen LogP contribution in [0.5, 0.6) is 0 Å². The maximum Gasteiger partial charge on any atom is 0.234 e. The normalized spacial score (nSPS) is 10.3. The molecule has 0 atom stereocenters. The van der Waals surface area contributed by atoms with Gasteiger partial charge in [-0.2, -0.15) is 0 Å². The van der Waals surface area contributed by atoms with Gasteiger partial charge in [0.2, 0.25) is 5.91 Å². The molecule has 0 aromatic heterocycles. The number of anilines is 1. The molecule has 2 aromatic rings. The van der Waals surface area contributed by atoms with Crippen LogP contribution in [0, 0.1) is 18.6 Å². The highest BCUT2D eigenvalue weighted by Crippen LogP contribution is 2.20. The third kappa shape index (κ3) is 4.06. The third-order valence-corrected chi connectivity index (χ3v) is 3.66. The Balaban J connectivity index is 1.90. The molecule has 2 rings (SSSR count). The van der Waals surface area contributed by atoms with Crippen molar-refractivity contribution in [3.8, 4) is 0 Å². The van der Waals surface area contributed by atoms with E-state index in [9.17, 15) is 13.6 Å². The minimum atomic E-state index is -0.332. The van der Waals surface area contributed by atoms with Crippen molar-refractivity contribution in [2.75, 3.05) is 11.1 Å². The molecule has 20 heavy (non-hydrogen) atoms. The molecular weight excluding hydrogens is 280 g/mol. The molecule has 0 saturated heterocycles. The van der Waals surface area contributed by atoms with Gasteiger partial charge in [0.1, 0.15) is 11.6 Å². The van der Waals surface area contributed by atoms with Gasteiger partial charge in [0.25, 0.3) is 0 Å². The Kier molecular flexibility index (Phi) is 4.74. The summed E-state index contributed by atoms with van der Waals surface area (Å²) in [6.07, 6.45) is 0. The fourth-order valence-corrected chi connectivity index (χ4v) is 2.33.